The van der Waals surface area contributed by atoms with Gasteiger partial charge in [-0.1, -0.05) is 28.1 Å². The fourth-order valence-corrected chi connectivity index (χ4v) is 2.14. The van der Waals surface area contributed by atoms with Gasteiger partial charge in [-0.3, -0.25) is 9.59 Å². The maximum absolute atomic E-state index is 11.6. The van der Waals surface area contributed by atoms with E-state index in [9.17, 15) is 9.59 Å². The zero-order chi connectivity index (χ0) is 11.7. The molecule has 1 fully saturated rings. The van der Waals surface area contributed by atoms with Gasteiger partial charge in [0.25, 0.3) is 0 Å². The molecule has 84 valence electrons. The summed E-state index contributed by atoms with van der Waals surface area (Å²) < 4.78 is 1.01. The quantitative estimate of drug-likeness (QED) is 0.781. The number of hydrogen-bond donors (Lipinski definition) is 0. The van der Waals surface area contributed by atoms with Crippen LogP contribution >= 0.6 is 15.9 Å². The van der Waals surface area contributed by atoms with Gasteiger partial charge in [0.2, 0.25) is 5.91 Å². The minimum Gasteiger partial charge on any atom is -0.328 e. The van der Waals surface area contributed by atoms with Crippen LogP contribution in [0.2, 0.25) is 0 Å². The molecule has 0 aromatic heterocycles. The predicted octanol–water partition coefficient (Wildman–Crippen LogP) is 2.31. The number of hydrogen-bond acceptors (Lipinski definition) is 2. The first-order valence-electron chi connectivity index (χ1n) is 5.14. The van der Waals surface area contributed by atoms with Crippen LogP contribution in [-0.2, 0) is 9.59 Å². The Morgan fingerprint density at radius 1 is 1.25 bits per heavy atom. The normalized spacial score (nSPS) is 18.0. The van der Waals surface area contributed by atoms with E-state index in [0.29, 0.717) is 0 Å². The number of Topliss-reactive ketones (excluding diaryl/α,β-unsaturated/α-hetero) is 1. The minimum atomic E-state index is -0.0691. The molecule has 1 atom stereocenters. The van der Waals surface area contributed by atoms with Crippen LogP contribution in [0.25, 0.3) is 0 Å². The summed E-state index contributed by atoms with van der Waals surface area (Å²) in [6.45, 7) is 2.19. The zero-order valence-corrected chi connectivity index (χ0v) is 10.5. The van der Waals surface area contributed by atoms with Crippen molar-refractivity contribution in [2.75, 3.05) is 6.54 Å². The number of benzene rings is 1. The van der Waals surface area contributed by atoms with Crippen molar-refractivity contribution in [2.45, 2.75) is 19.4 Å². The molecule has 2 rings (SSSR count). The van der Waals surface area contributed by atoms with Gasteiger partial charge in [-0.05, 0) is 24.6 Å². The third-order valence-electron chi connectivity index (χ3n) is 2.84. The lowest BCUT2D eigenvalue weighted by molar-refractivity contribution is -0.129. The van der Waals surface area contributed by atoms with Gasteiger partial charge in [0.15, 0.2) is 5.78 Å². The Labute approximate surface area is 103 Å². The van der Waals surface area contributed by atoms with Gasteiger partial charge < -0.3 is 4.90 Å². The van der Waals surface area contributed by atoms with E-state index in [4.69, 9.17) is 0 Å². The summed E-state index contributed by atoms with van der Waals surface area (Å²) in [5, 5.41) is 0. The van der Waals surface area contributed by atoms with Crippen molar-refractivity contribution in [3.05, 3.63) is 34.3 Å². The molecule has 1 saturated heterocycles. The molecule has 1 aliphatic rings. The van der Waals surface area contributed by atoms with Crippen molar-refractivity contribution in [3.8, 4) is 0 Å². The minimum absolute atomic E-state index is 0.00830. The van der Waals surface area contributed by atoms with Crippen LogP contribution in [0.3, 0.4) is 0 Å². The molecular formula is C12H12BrNO2. The Hall–Kier alpha value is -1.16. The second-order valence-electron chi connectivity index (χ2n) is 3.96. The second-order valence-corrected chi connectivity index (χ2v) is 4.88. The highest BCUT2D eigenvalue weighted by Gasteiger charge is 2.31. The predicted molar refractivity (Wildman–Crippen MR) is 63.9 cm³/mol. The summed E-state index contributed by atoms with van der Waals surface area (Å²) in [4.78, 5) is 24.4. The van der Waals surface area contributed by atoms with Gasteiger partial charge in [-0.25, -0.2) is 0 Å². The number of carbonyl (C=O) groups excluding carboxylic acids is 2. The summed E-state index contributed by atoms with van der Waals surface area (Å²) in [6, 6.07) is 7.77. The number of ketones is 1. The SMILES string of the molecule is CC(c1ccc(Br)cc1)N1CC(=O)CC1=O. The molecule has 0 radical (unpaired) electrons. The van der Waals surface area contributed by atoms with Gasteiger partial charge in [0.1, 0.15) is 0 Å². The van der Waals surface area contributed by atoms with Crippen LogP contribution in [0.4, 0.5) is 0 Å². The summed E-state index contributed by atoms with van der Waals surface area (Å²) in [6.07, 6.45) is 0.0564. The molecule has 1 heterocycles. The van der Waals surface area contributed by atoms with Gasteiger partial charge in [-0.2, -0.15) is 0 Å². The third kappa shape index (κ3) is 2.16. The van der Waals surface area contributed by atoms with Crippen molar-refractivity contribution < 1.29 is 9.59 Å². The van der Waals surface area contributed by atoms with Crippen molar-refractivity contribution in [3.63, 3.8) is 0 Å². The van der Waals surface area contributed by atoms with Crippen LogP contribution in [0.1, 0.15) is 24.9 Å². The number of rotatable bonds is 2. The summed E-state index contributed by atoms with van der Waals surface area (Å²) in [5.41, 5.74) is 1.05. The van der Waals surface area contributed by atoms with E-state index >= 15 is 0 Å². The van der Waals surface area contributed by atoms with E-state index in [0.717, 1.165) is 10.0 Å². The van der Waals surface area contributed by atoms with E-state index in [1.807, 2.05) is 31.2 Å². The highest BCUT2D eigenvalue weighted by atomic mass is 79.9. The van der Waals surface area contributed by atoms with E-state index in [2.05, 4.69) is 15.9 Å². The van der Waals surface area contributed by atoms with E-state index in [1.165, 1.54) is 0 Å². The van der Waals surface area contributed by atoms with Crippen LogP contribution in [0, 0.1) is 0 Å². The van der Waals surface area contributed by atoms with Gasteiger partial charge in [0, 0.05) is 4.47 Å². The van der Waals surface area contributed by atoms with Crippen molar-refractivity contribution >= 4 is 27.6 Å². The Balaban J connectivity index is 2.19. The summed E-state index contributed by atoms with van der Waals surface area (Å²) in [7, 11) is 0. The highest BCUT2D eigenvalue weighted by Crippen LogP contribution is 2.25. The zero-order valence-electron chi connectivity index (χ0n) is 8.94. The van der Waals surface area contributed by atoms with E-state index in [1.54, 1.807) is 4.90 Å². The average Bonchev–Trinajstić information content (AvgIpc) is 2.58. The topological polar surface area (TPSA) is 37.4 Å². The molecule has 1 aliphatic heterocycles. The molecule has 1 aromatic rings. The molecule has 3 nitrogen and oxygen atoms in total. The molecule has 16 heavy (non-hydrogen) atoms. The fraction of sp³-hybridized carbons (Fsp3) is 0.333. The molecule has 0 saturated carbocycles. The number of amides is 1. The van der Waals surface area contributed by atoms with E-state index < -0.39 is 0 Å². The molecule has 1 amide bonds. The van der Waals surface area contributed by atoms with E-state index in [-0.39, 0.29) is 30.7 Å². The Bertz CT molecular complexity index is 427. The Morgan fingerprint density at radius 3 is 2.38 bits per heavy atom. The lowest BCUT2D eigenvalue weighted by atomic mass is 10.1. The Kier molecular flexibility index (Phi) is 3.10. The van der Waals surface area contributed by atoms with Crippen LogP contribution in [0.15, 0.2) is 28.7 Å². The molecule has 0 aliphatic carbocycles. The maximum Gasteiger partial charge on any atom is 0.230 e. The van der Waals surface area contributed by atoms with Crippen molar-refractivity contribution in [2.24, 2.45) is 0 Å². The summed E-state index contributed by atoms with van der Waals surface area (Å²) in [5.74, 6) is -0.0608. The summed E-state index contributed by atoms with van der Waals surface area (Å²) >= 11 is 3.36. The number of carbonyl (C=O) groups is 2. The number of likely N-dealkylation sites (tertiary alicyclic amines) is 1. The number of halogens is 1. The first-order valence-corrected chi connectivity index (χ1v) is 5.94. The fourth-order valence-electron chi connectivity index (χ4n) is 1.88. The lowest BCUT2D eigenvalue weighted by Crippen LogP contribution is -2.28. The maximum atomic E-state index is 11.6. The van der Waals surface area contributed by atoms with Gasteiger partial charge in [0.05, 0.1) is 19.0 Å². The Morgan fingerprint density at radius 2 is 1.88 bits per heavy atom. The molecule has 1 unspecified atom stereocenters. The van der Waals surface area contributed by atoms with Gasteiger partial charge in [-0.15, -0.1) is 0 Å². The lowest BCUT2D eigenvalue weighted by Gasteiger charge is -2.23. The molecule has 0 bridgehead atoms. The largest absolute Gasteiger partial charge is 0.328 e. The first kappa shape index (κ1) is 11.3. The molecule has 4 heteroatoms. The van der Waals surface area contributed by atoms with Gasteiger partial charge >= 0.3 is 0 Å². The smallest absolute Gasteiger partial charge is 0.230 e. The van der Waals surface area contributed by atoms with Crippen molar-refractivity contribution in [1.29, 1.82) is 0 Å². The average molecular weight is 282 g/mol. The highest BCUT2D eigenvalue weighted by molar-refractivity contribution is 9.10. The molecular weight excluding hydrogens is 270 g/mol. The standard InChI is InChI=1S/C12H12BrNO2/c1-8(9-2-4-10(13)5-3-9)14-7-11(15)6-12(14)16/h2-5,8H,6-7H2,1H3. The first-order chi connectivity index (χ1) is 7.58. The van der Waals surface area contributed by atoms with Crippen LogP contribution < -0.4 is 0 Å². The van der Waals surface area contributed by atoms with Crippen molar-refractivity contribution in [1.82, 2.24) is 4.90 Å². The number of nitrogens with zero attached hydrogens (tertiary/aromatic N) is 1. The molecule has 0 N–H and O–H groups in total. The molecule has 0 spiro atoms. The van der Waals surface area contributed by atoms with Crippen LogP contribution in [0.5, 0.6) is 0 Å². The molecule has 1 aromatic carbocycles. The third-order valence-corrected chi connectivity index (χ3v) is 3.36. The van der Waals surface area contributed by atoms with Crippen LogP contribution in [-0.4, -0.2) is 23.1 Å². The monoisotopic (exact) mass is 281 g/mol. The second kappa shape index (κ2) is 4.37.